The van der Waals surface area contributed by atoms with E-state index in [1.54, 1.807) is 18.2 Å². The summed E-state index contributed by atoms with van der Waals surface area (Å²) < 4.78 is 5.52. The standard InChI is InChI=1S/C19H19ClO3/c1-3-10-23-16-8-5-14(6-9-16)11-17(19(21)22)15-7-4-13(2)18(20)12-15/h4-9,11-12H,3,10H2,1-2H3,(H,21,22)/b17-11-. The number of hydrogen-bond acceptors (Lipinski definition) is 2. The van der Waals surface area contributed by atoms with Crippen molar-refractivity contribution in [3.63, 3.8) is 0 Å². The maximum atomic E-state index is 11.6. The zero-order valence-electron chi connectivity index (χ0n) is 13.2. The van der Waals surface area contributed by atoms with E-state index in [-0.39, 0.29) is 5.57 Å². The van der Waals surface area contributed by atoms with E-state index >= 15 is 0 Å². The van der Waals surface area contributed by atoms with Gasteiger partial charge in [-0.3, -0.25) is 0 Å². The minimum absolute atomic E-state index is 0.203. The molecule has 0 spiro atoms. The second kappa shape index (κ2) is 7.84. The van der Waals surface area contributed by atoms with E-state index in [0.717, 1.165) is 23.3 Å². The fraction of sp³-hybridized carbons (Fsp3) is 0.211. The third kappa shape index (κ3) is 4.60. The molecule has 2 aromatic rings. The molecule has 2 rings (SSSR count). The molecule has 0 aliphatic heterocycles. The SMILES string of the molecule is CCCOc1ccc(/C=C(\C(=O)O)c2ccc(C)c(Cl)c2)cc1. The molecule has 23 heavy (non-hydrogen) atoms. The molecule has 0 amide bonds. The Bertz CT molecular complexity index is 718. The highest BCUT2D eigenvalue weighted by Crippen LogP contribution is 2.25. The Balaban J connectivity index is 2.31. The first-order valence-corrected chi connectivity index (χ1v) is 7.83. The lowest BCUT2D eigenvalue weighted by molar-refractivity contribution is -0.130. The predicted octanol–water partition coefficient (Wildman–Crippen LogP) is 5.06. The van der Waals surface area contributed by atoms with Gasteiger partial charge >= 0.3 is 5.97 Å². The monoisotopic (exact) mass is 330 g/mol. The highest BCUT2D eigenvalue weighted by Gasteiger charge is 2.11. The third-order valence-electron chi connectivity index (χ3n) is 3.38. The molecular formula is C19H19ClO3. The molecule has 0 aliphatic rings. The Morgan fingerprint density at radius 2 is 1.91 bits per heavy atom. The number of benzene rings is 2. The lowest BCUT2D eigenvalue weighted by atomic mass is 10.0. The summed E-state index contributed by atoms with van der Waals surface area (Å²) in [5, 5.41) is 10.0. The zero-order valence-corrected chi connectivity index (χ0v) is 13.9. The third-order valence-corrected chi connectivity index (χ3v) is 3.78. The van der Waals surface area contributed by atoms with E-state index in [0.29, 0.717) is 17.2 Å². The van der Waals surface area contributed by atoms with Crippen molar-refractivity contribution in [3.8, 4) is 5.75 Å². The summed E-state index contributed by atoms with van der Waals surface area (Å²) in [5.41, 5.74) is 2.49. The molecule has 0 aromatic heterocycles. The van der Waals surface area contributed by atoms with Crippen LogP contribution in [0.5, 0.6) is 5.75 Å². The molecule has 0 aliphatic carbocycles. The molecule has 1 N–H and O–H groups in total. The van der Waals surface area contributed by atoms with Gasteiger partial charge in [0.25, 0.3) is 0 Å². The number of carbonyl (C=O) groups is 1. The van der Waals surface area contributed by atoms with E-state index in [9.17, 15) is 9.90 Å². The van der Waals surface area contributed by atoms with Crippen LogP contribution in [-0.2, 0) is 4.79 Å². The summed E-state index contributed by atoms with van der Waals surface area (Å²) in [4.78, 5) is 11.6. The number of rotatable bonds is 6. The van der Waals surface area contributed by atoms with Gasteiger partial charge in [-0.1, -0.05) is 42.8 Å². The van der Waals surface area contributed by atoms with Crippen molar-refractivity contribution in [1.29, 1.82) is 0 Å². The number of carboxylic acid groups (broad SMARTS) is 1. The van der Waals surface area contributed by atoms with Crippen molar-refractivity contribution in [2.75, 3.05) is 6.61 Å². The molecule has 0 unspecified atom stereocenters. The van der Waals surface area contributed by atoms with Crippen LogP contribution in [-0.4, -0.2) is 17.7 Å². The summed E-state index contributed by atoms with van der Waals surface area (Å²) in [6.07, 6.45) is 2.58. The van der Waals surface area contributed by atoms with Gasteiger partial charge in [0.05, 0.1) is 12.2 Å². The smallest absolute Gasteiger partial charge is 0.336 e. The van der Waals surface area contributed by atoms with Gasteiger partial charge in [0.2, 0.25) is 0 Å². The fourth-order valence-electron chi connectivity index (χ4n) is 2.08. The van der Waals surface area contributed by atoms with E-state index in [1.807, 2.05) is 44.2 Å². The first-order valence-electron chi connectivity index (χ1n) is 7.45. The van der Waals surface area contributed by atoms with Crippen LogP contribution >= 0.6 is 11.6 Å². The molecular weight excluding hydrogens is 312 g/mol. The maximum Gasteiger partial charge on any atom is 0.336 e. The molecule has 0 atom stereocenters. The molecule has 0 bridgehead atoms. The van der Waals surface area contributed by atoms with E-state index < -0.39 is 5.97 Å². The lowest BCUT2D eigenvalue weighted by Gasteiger charge is -2.07. The quantitative estimate of drug-likeness (QED) is 0.594. The molecule has 3 nitrogen and oxygen atoms in total. The Morgan fingerprint density at radius 1 is 1.22 bits per heavy atom. The van der Waals surface area contributed by atoms with Crippen molar-refractivity contribution in [2.24, 2.45) is 0 Å². The Hall–Kier alpha value is -2.26. The van der Waals surface area contributed by atoms with Gasteiger partial charge in [0.1, 0.15) is 5.75 Å². The highest BCUT2D eigenvalue weighted by atomic mass is 35.5. The lowest BCUT2D eigenvalue weighted by Crippen LogP contribution is -2.00. The average Bonchev–Trinajstić information content (AvgIpc) is 2.54. The summed E-state index contributed by atoms with van der Waals surface area (Å²) in [6.45, 7) is 4.59. The van der Waals surface area contributed by atoms with Crippen LogP contribution in [0.1, 0.15) is 30.0 Å². The minimum Gasteiger partial charge on any atom is -0.494 e. The van der Waals surface area contributed by atoms with Gasteiger partial charge in [0, 0.05) is 5.02 Å². The summed E-state index contributed by atoms with van der Waals surface area (Å²) >= 11 is 6.10. The molecule has 0 heterocycles. The van der Waals surface area contributed by atoms with E-state index in [2.05, 4.69) is 0 Å². The van der Waals surface area contributed by atoms with Crippen molar-refractivity contribution in [3.05, 3.63) is 64.2 Å². The van der Waals surface area contributed by atoms with Crippen LogP contribution in [0.2, 0.25) is 5.02 Å². The summed E-state index contributed by atoms with van der Waals surface area (Å²) in [5.74, 6) is -0.213. The number of carboxylic acids is 1. The van der Waals surface area contributed by atoms with Gasteiger partial charge in [0.15, 0.2) is 0 Å². The van der Waals surface area contributed by atoms with Crippen molar-refractivity contribution >= 4 is 29.2 Å². The van der Waals surface area contributed by atoms with E-state index in [4.69, 9.17) is 16.3 Å². The molecule has 0 saturated heterocycles. The summed E-state index contributed by atoms with van der Waals surface area (Å²) in [7, 11) is 0. The molecule has 4 heteroatoms. The number of ether oxygens (including phenoxy) is 1. The van der Waals surface area contributed by atoms with Crippen LogP contribution in [0.3, 0.4) is 0 Å². The Morgan fingerprint density at radius 3 is 2.48 bits per heavy atom. The maximum absolute atomic E-state index is 11.6. The van der Waals surface area contributed by atoms with Gasteiger partial charge in [-0.05, 0) is 54.3 Å². The molecule has 0 radical (unpaired) electrons. The second-order valence-electron chi connectivity index (χ2n) is 5.24. The topological polar surface area (TPSA) is 46.5 Å². The minimum atomic E-state index is -0.990. The Labute approximate surface area is 141 Å². The van der Waals surface area contributed by atoms with E-state index in [1.165, 1.54) is 0 Å². The number of hydrogen-bond donors (Lipinski definition) is 1. The van der Waals surface area contributed by atoms with Crippen molar-refractivity contribution in [2.45, 2.75) is 20.3 Å². The highest BCUT2D eigenvalue weighted by molar-refractivity contribution is 6.32. The fourth-order valence-corrected chi connectivity index (χ4v) is 2.26. The van der Waals surface area contributed by atoms with Gasteiger partial charge in [-0.2, -0.15) is 0 Å². The van der Waals surface area contributed by atoms with Gasteiger partial charge in [-0.25, -0.2) is 4.79 Å². The van der Waals surface area contributed by atoms with Gasteiger partial charge < -0.3 is 9.84 Å². The normalized spacial score (nSPS) is 11.3. The largest absolute Gasteiger partial charge is 0.494 e. The zero-order chi connectivity index (χ0) is 16.8. The van der Waals surface area contributed by atoms with Gasteiger partial charge in [-0.15, -0.1) is 0 Å². The molecule has 0 fully saturated rings. The second-order valence-corrected chi connectivity index (χ2v) is 5.65. The first-order chi connectivity index (χ1) is 11.0. The Kier molecular flexibility index (Phi) is 5.83. The number of aryl methyl sites for hydroxylation is 1. The van der Waals surface area contributed by atoms with Crippen LogP contribution in [0.4, 0.5) is 0 Å². The van der Waals surface area contributed by atoms with Crippen LogP contribution in [0.25, 0.3) is 11.6 Å². The van der Waals surface area contributed by atoms with Crippen LogP contribution in [0.15, 0.2) is 42.5 Å². The van der Waals surface area contributed by atoms with Crippen molar-refractivity contribution < 1.29 is 14.6 Å². The summed E-state index contributed by atoms with van der Waals surface area (Å²) in [6, 6.07) is 12.6. The number of halogens is 1. The molecule has 2 aromatic carbocycles. The molecule has 120 valence electrons. The van der Waals surface area contributed by atoms with Crippen LogP contribution < -0.4 is 4.74 Å². The molecule has 0 saturated carbocycles. The predicted molar refractivity (Wildman–Crippen MR) is 93.9 cm³/mol. The van der Waals surface area contributed by atoms with Crippen molar-refractivity contribution in [1.82, 2.24) is 0 Å². The average molecular weight is 331 g/mol. The number of aliphatic carboxylic acids is 1. The van der Waals surface area contributed by atoms with Crippen LogP contribution in [0, 0.1) is 6.92 Å². The first kappa shape index (κ1) is 17.1.